The summed E-state index contributed by atoms with van der Waals surface area (Å²) in [5.41, 5.74) is 2.73. The van der Waals surface area contributed by atoms with Crippen LogP contribution in [0.25, 0.3) is 0 Å². The van der Waals surface area contributed by atoms with Gasteiger partial charge in [-0.05, 0) is 60.8 Å². The van der Waals surface area contributed by atoms with Crippen molar-refractivity contribution in [1.82, 2.24) is 5.32 Å². The Morgan fingerprint density at radius 1 is 1.17 bits per heavy atom. The molecule has 0 aromatic heterocycles. The van der Waals surface area contributed by atoms with Crippen LogP contribution in [0.1, 0.15) is 50.3 Å². The van der Waals surface area contributed by atoms with Crippen LogP contribution in [0, 0.1) is 11.8 Å². The van der Waals surface area contributed by atoms with Gasteiger partial charge in [-0.2, -0.15) is 0 Å². The third-order valence-electron chi connectivity index (χ3n) is 5.08. The molecule has 1 fully saturated rings. The predicted molar refractivity (Wildman–Crippen MR) is 73.7 cm³/mol. The Kier molecular flexibility index (Phi) is 3.06. The first-order valence-corrected chi connectivity index (χ1v) is 7.23. The number of phenolic OH excluding ortho intramolecular Hbond substituents is 1. The third-order valence-corrected chi connectivity index (χ3v) is 5.08. The topological polar surface area (TPSA) is 32.3 Å². The minimum absolute atomic E-state index is 0.400. The fourth-order valence-corrected chi connectivity index (χ4v) is 3.64. The van der Waals surface area contributed by atoms with E-state index in [2.05, 4.69) is 25.2 Å². The first-order chi connectivity index (χ1) is 8.65. The summed E-state index contributed by atoms with van der Waals surface area (Å²) in [6.45, 7) is 4.75. The summed E-state index contributed by atoms with van der Waals surface area (Å²) in [6, 6.07) is 7.01. The molecule has 1 saturated carbocycles. The van der Waals surface area contributed by atoms with Gasteiger partial charge in [0.25, 0.3) is 0 Å². The molecule has 18 heavy (non-hydrogen) atoms. The first-order valence-electron chi connectivity index (χ1n) is 7.23. The van der Waals surface area contributed by atoms with E-state index in [1.54, 1.807) is 0 Å². The lowest BCUT2D eigenvalue weighted by molar-refractivity contribution is 0.338. The van der Waals surface area contributed by atoms with Crippen LogP contribution in [-0.2, 0) is 6.42 Å². The van der Waals surface area contributed by atoms with Crippen molar-refractivity contribution in [2.24, 2.45) is 11.8 Å². The molecule has 0 aliphatic heterocycles. The molecule has 2 aliphatic carbocycles. The zero-order valence-corrected chi connectivity index (χ0v) is 11.3. The number of rotatable bonds is 2. The highest BCUT2D eigenvalue weighted by Crippen LogP contribution is 2.37. The van der Waals surface area contributed by atoms with Crippen LogP contribution in [0.15, 0.2) is 18.2 Å². The van der Waals surface area contributed by atoms with Crippen molar-refractivity contribution in [3.63, 3.8) is 0 Å². The first kappa shape index (κ1) is 12.0. The second-order valence-corrected chi connectivity index (χ2v) is 6.16. The van der Waals surface area contributed by atoms with Gasteiger partial charge in [-0.15, -0.1) is 0 Å². The van der Waals surface area contributed by atoms with Gasteiger partial charge in [-0.1, -0.05) is 19.9 Å². The Morgan fingerprint density at radius 3 is 2.72 bits per heavy atom. The highest BCUT2D eigenvalue weighted by Gasteiger charge is 2.33. The van der Waals surface area contributed by atoms with Gasteiger partial charge in [0.15, 0.2) is 0 Å². The number of hydrogen-bond donors (Lipinski definition) is 2. The molecule has 0 bridgehead atoms. The monoisotopic (exact) mass is 245 g/mol. The van der Waals surface area contributed by atoms with Crippen molar-refractivity contribution in [2.45, 2.75) is 51.6 Å². The van der Waals surface area contributed by atoms with Crippen molar-refractivity contribution >= 4 is 0 Å². The fraction of sp³-hybridized carbons (Fsp3) is 0.625. The van der Waals surface area contributed by atoms with Gasteiger partial charge in [0.1, 0.15) is 5.75 Å². The van der Waals surface area contributed by atoms with Gasteiger partial charge >= 0.3 is 0 Å². The molecule has 2 N–H and O–H groups in total. The molecule has 0 saturated heterocycles. The van der Waals surface area contributed by atoms with Gasteiger partial charge in [0.2, 0.25) is 0 Å². The molecule has 0 radical (unpaired) electrons. The average molecular weight is 245 g/mol. The molecule has 98 valence electrons. The van der Waals surface area contributed by atoms with Crippen molar-refractivity contribution in [1.29, 1.82) is 0 Å². The highest BCUT2D eigenvalue weighted by atomic mass is 16.3. The number of nitrogens with one attached hydrogen (secondary N) is 1. The molecule has 4 unspecified atom stereocenters. The van der Waals surface area contributed by atoms with E-state index < -0.39 is 0 Å². The zero-order valence-electron chi connectivity index (χ0n) is 11.3. The van der Waals surface area contributed by atoms with Crippen LogP contribution in [0.4, 0.5) is 0 Å². The summed E-state index contributed by atoms with van der Waals surface area (Å²) in [4.78, 5) is 0. The van der Waals surface area contributed by atoms with Crippen LogP contribution in [0.5, 0.6) is 5.75 Å². The zero-order chi connectivity index (χ0) is 12.7. The normalized spacial score (nSPS) is 34.8. The van der Waals surface area contributed by atoms with Crippen LogP contribution < -0.4 is 5.32 Å². The fourth-order valence-electron chi connectivity index (χ4n) is 3.64. The van der Waals surface area contributed by atoms with Gasteiger partial charge in [-0.3, -0.25) is 0 Å². The summed E-state index contributed by atoms with van der Waals surface area (Å²) in [7, 11) is 0. The Morgan fingerprint density at radius 2 is 2.00 bits per heavy atom. The number of aromatic hydroxyl groups is 1. The summed E-state index contributed by atoms with van der Waals surface area (Å²) in [5, 5.41) is 13.4. The van der Waals surface area contributed by atoms with E-state index in [-0.39, 0.29) is 0 Å². The number of phenols is 1. The molecule has 1 aromatic rings. The van der Waals surface area contributed by atoms with Crippen LogP contribution in [0.2, 0.25) is 0 Å². The second kappa shape index (κ2) is 4.58. The Labute approximate surface area is 109 Å². The highest BCUT2D eigenvalue weighted by molar-refractivity contribution is 5.40. The van der Waals surface area contributed by atoms with E-state index in [9.17, 15) is 5.11 Å². The van der Waals surface area contributed by atoms with E-state index in [1.165, 1.54) is 30.4 Å². The third kappa shape index (κ3) is 2.03. The molecule has 1 aromatic carbocycles. The van der Waals surface area contributed by atoms with Gasteiger partial charge in [0, 0.05) is 12.1 Å². The molecule has 4 atom stereocenters. The summed E-state index contributed by atoms with van der Waals surface area (Å²) < 4.78 is 0. The minimum atomic E-state index is 0.400. The van der Waals surface area contributed by atoms with E-state index >= 15 is 0 Å². The standard InChI is InChI=1S/C16H23NO/c1-10-3-7-15(11(10)2)17-16-8-4-12-9-13(18)5-6-14(12)16/h5-6,9-11,15-18H,3-4,7-8H2,1-2H3. The average Bonchev–Trinajstić information content (AvgIpc) is 2.88. The van der Waals surface area contributed by atoms with Gasteiger partial charge < -0.3 is 10.4 Å². The Balaban J connectivity index is 1.73. The van der Waals surface area contributed by atoms with Crippen LogP contribution in [-0.4, -0.2) is 11.1 Å². The molecular formula is C16H23NO. The van der Waals surface area contributed by atoms with E-state index in [1.807, 2.05) is 12.1 Å². The largest absolute Gasteiger partial charge is 0.508 e. The molecule has 3 rings (SSSR count). The van der Waals surface area contributed by atoms with E-state index in [0.717, 1.165) is 18.3 Å². The summed E-state index contributed by atoms with van der Waals surface area (Å²) in [5.74, 6) is 2.03. The van der Waals surface area contributed by atoms with Crippen molar-refractivity contribution < 1.29 is 5.11 Å². The molecule has 0 amide bonds. The minimum Gasteiger partial charge on any atom is -0.508 e. The lowest BCUT2D eigenvalue weighted by Gasteiger charge is -2.24. The quantitative estimate of drug-likeness (QED) is 0.837. The predicted octanol–water partition coefficient (Wildman–Crippen LogP) is 3.40. The van der Waals surface area contributed by atoms with E-state index in [4.69, 9.17) is 0 Å². The number of fused-ring (bicyclic) bond motifs is 1. The Bertz CT molecular complexity index is 443. The van der Waals surface area contributed by atoms with Crippen molar-refractivity contribution in [3.05, 3.63) is 29.3 Å². The maximum absolute atomic E-state index is 9.52. The molecule has 2 aliphatic rings. The molecule has 0 heterocycles. The van der Waals surface area contributed by atoms with Crippen LogP contribution in [0.3, 0.4) is 0 Å². The second-order valence-electron chi connectivity index (χ2n) is 6.16. The maximum Gasteiger partial charge on any atom is 0.115 e. The summed E-state index contributed by atoms with van der Waals surface area (Å²) >= 11 is 0. The molecule has 0 spiro atoms. The lowest BCUT2D eigenvalue weighted by Crippen LogP contribution is -2.34. The van der Waals surface area contributed by atoms with Gasteiger partial charge in [0.05, 0.1) is 0 Å². The number of aryl methyl sites for hydroxylation is 1. The lowest BCUT2D eigenvalue weighted by atomic mass is 9.96. The molecule has 2 nitrogen and oxygen atoms in total. The molecular weight excluding hydrogens is 222 g/mol. The number of hydrogen-bond acceptors (Lipinski definition) is 2. The summed E-state index contributed by atoms with van der Waals surface area (Å²) in [6.07, 6.45) is 4.94. The molecule has 2 heteroatoms. The van der Waals surface area contributed by atoms with E-state index in [0.29, 0.717) is 17.8 Å². The Hall–Kier alpha value is -1.02. The van der Waals surface area contributed by atoms with Gasteiger partial charge in [-0.25, -0.2) is 0 Å². The van der Waals surface area contributed by atoms with Crippen molar-refractivity contribution in [2.75, 3.05) is 0 Å². The smallest absolute Gasteiger partial charge is 0.115 e. The maximum atomic E-state index is 9.52. The van der Waals surface area contributed by atoms with Crippen molar-refractivity contribution in [3.8, 4) is 5.75 Å². The SMILES string of the molecule is CC1CCC(NC2CCc3cc(O)ccc32)C1C. The number of benzene rings is 1. The van der Waals surface area contributed by atoms with Crippen LogP contribution >= 0.6 is 0 Å².